The first-order valence-corrected chi connectivity index (χ1v) is 24.9. The number of fused-ring (bicyclic) bond motifs is 6. The fraction of sp³-hybridized carbons (Fsp3) is 0.188. The Balaban J connectivity index is 1.12. The highest BCUT2D eigenvalue weighted by Gasteiger charge is 2.31. The van der Waals surface area contributed by atoms with Gasteiger partial charge in [0.15, 0.2) is 11.2 Å². The number of anilines is 6. The fourth-order valence-electron chi connectivity index (χ4n) is 12.5. The lowest BCUT2D eigenvalue weighted by atomic mass is 9.82. The molecule has 0 radical (unpaired) electrons. The lowest BCUT2D eigenvalue weighted by molar-refractivity contribution is 0.668. The van der Waals surface area contributed by atoms with Gasteiger partial charge in [0.05, 0.1) is 22.7 Å². The molecule has 2 aliphatic rings. The molecule has 68 heavy (non-hydrogen) atoms. The highest BCUT2D eigenvalue weighted by molar-refractivity contribution is 6.30. The van der Waals surface area contributed by atoms with Gasteiger partial charge < -0.3 is 18.6 Å². The van der Waals surface area contributed by atoms with Crippen LogP contribution in [0.1, 0.15) is 85.5 Å². The van der Waals surface area contributed by atoms with E-state index in [2.05, 4.69) is 194 Å². The Morgan fingerprint density at radius 1 is 0.353 bits per heavy atom. The van der Waals surface area contributed by atoms with Crippen molar-refractivity contribution < 1.29 is 8.83 Å². The maximum absolute atomic E-state index is 6.89. The lowest BCUT2D eigenvalue weighted by Crippen LogP contribution is -2.13. The largest absolute Gasteiger partial charge is 0.454 e. The van der Waals surface area contributed by atoms with Crippen molar-refractivity contribution in [2.45, 2.75) is 77.0 Å². The Kier molecular flexibility index (Phi) is 9.03. The molecular weight excluding hydrogens is 829 g/mol. The summed E-state index contributed by atoms with van der Waals surface area (Å²) in [6.07, 6.45) is 9.85. The van der Waals surface area contributed by atoms with E-state index in [4.69, 9.17) is 8.83 Å². The molecule has 0 aliphatic heterocycles. The van der Waals surface area contributed by atoms with E-state index in [9.17, 15) is 0 Å². The van der Waals surface area contributed by atoms with E-state index >= 15 is 0 Å². The molecule has 14 rings (SSSR count). The Morgan fingerprint density at radius 3 is 1.16 bits per heavy atom. The number of rotatable bonds is 8. The van der Waals surface area contributed by atoms with Crippen LogP contribution in [0.25, 0.3) is 76.2 Å². The van der Waals surface area contributed by atoms with Crippen LogP contribution in [0.2, 0.25) is 0 Å². The van der Waals surface area contributed by atoms with Gasteiger partial charge >= 0.3 is 0 Å². The topological polar surface area (TPSA) is 32.8 Å². The van der Waals surface area contributed by atoms with Gasteiger partial charge in [0, 0.05) is 43.7 Å². The molecule has 0 atom stereocenters. The summed E-state index contributed by atoms with van der Waals surface area (Å²) in [4.78, 5) is 5.02. The van der Waals surface area contributed by atoms with Gasteiger partial charge in [-0.2, -0.15) is 0 Å². The van der Waals surface area contributed by atoms with Crippen molar-refractivity contribution in [2.75, 3.05) is 9.80 Å². The first-order valence-electron chi connectivity index (χ1n) is 24.9. The van der Waals surface area contributed by atoms with Gasteiger partial charge in [-0.25, -0.2) is 0 Å². The molecule has 2 fully saturated rings. The zero-order valence-corrected chi connectivity index (χ0v) is 38.7. The monoisotopic (exact) mass is 880 g/mol. The summed E-state index contributed by atoms with van der Waals surface area (Å²) < 4.78 is 13.8. The number of para-hydroxylation sites is 4. The number of furan rings is 2. The maximum atomic E-state index is 6.89. The van der Waals surface area contributed by atoms with E-state index < -0.39 is 0 Å². The van der Waals surface area contributed by atoms with Gasteiger partial charge in [0.1, 0.15) is 11.2 Å². The second-order valence-electron chi connectivity index (χ2n) is 19.8. The Labute approximate surface area is 396 Å². The normalized spacial score (nSPS) is 14.9. The van der Waals surface area contributed by atoms with Gasteiger partial charge in [-0.05, 0) is 145 Å². The molecule has 2 aliphatic carbocycles. The summed E-state index contributed by atoms with van der Waals surface area (Å²) in [6.45, 7) is 4.35. The van der Waals surface area contributed by atoms with E-state index in [1.54, 1.807) is 0 Å². The third-order valence-electron chi connectivity index (χ3n) is 15.8. The minimum atomic E-state index is 0.476. The van der Waals surface area contributed by atoms with Crippen molar-refractivity contribution in [1.29, 1.82) is 0 Å². The molecule has 10 aromatic carbocycles. The number of hydrogen-bond donors (Lipinski definition) is 0. The van der Waals surface area contributed by atoms with Crippen molar-refractivity contribution in [3.63, 3.8) is 0 Å². The zero-order valence-electron chi connectivity index (χ0n) is 38.7. The molecular formula is C64H52N2O2. The van der Waals surface area contributed by atoms with Crippen LogP contribution in [0.4, 0.5) is 34.1 Å². The highest BCUT2D eigenvalue weighted by atomic mass is 16.3. The SMILES string of the molecule is Cc1ccc(N(c2cc(C3CCCC3)c3ccc4c(N(c5ccc(C)cc5)c5cccc6c5oc5ccccc56)cc(C5CCCC5)c5ccc2c3c54)c2cccc3c2oc2ccccc23)cc1. The molecule has 0 spiro atoms. The zero-order chi connectivity index (χ0) is 45.0. The van der Waals surface area contributed by atoms with Gasteiger partial charge in [-0.3, -0.25) is 0 Å². The smallest absolute Gasteiger partial charge is 0.159 e. The van der Waals surface area contributed by atoms with Gasteiger partial charge in [0.2, 0.25) is 0 Å². The van der Waals surface area contributed by atoms with Crippen LogP contribution in [0.5, 0.6) is 0 Å². The van der Waals surface area contributed by atoms with Crippen LogP contribution in [0.15, 0.2) is 179 Å². The van der Waals surface area contributed by atoms with E-state index in [1.165, 1.54) is 117 Å². The summed E-state index contributed by atoms with van der Waals surface area (Å²) in [7, 11) is 0. The summed E-state index contributed by atoms with van der Waals surface area (Å²) in [5, 5.41) is 12.5. The first kappa shape index (κ1) is 39.6. The summed E-state index contributed by atoms with van der Waals surface area (Å²) in [6, 6.07) is 63.4. The number of aryl methyl sites for hydroxylation is 2. The number of benzene rings is 10. The summed E-state index contributed by atoms with van der Waals surface area (Å²) >= 11 is 0. The third kappa shape index (κ3) is 6.06. The van der Waals surface area contributed by atoms with Crippen LogP contribution in [-0.4, -0.2) is 0 Å². The summed E-state index contributed by atoms with van der Waals surface area (Å²) in [5.41, 5.74) is 15.7. The van der Waals surface area contributed by atoms with E-state index in [0.29, 0.717) is 11.8 Å². The molecule has 0 N–H and O–H groups in total. The Hall–Kier alpha value is -7.56. The van der Waals surface area contributed by atoms with E-state index in [1.807, 2.05) is 0 Å². The second-order valence-corrected chi connectivity index (χ2v) is 19.8. The molecule has 2 aromatic heterocycles. The number of hydrogen-bond acceptors (Lipinski definition) is 4. The van der Waals surface area contributed by atoms with E-state index in [0.717, 1.165) is 66.6 Å². The summed E-state index contributed by atoms with van der Waals surface area (Å²) in [5.74, 6) is 0.951. The standard InChI is InChI=1S/C64H52N2O2/c1-39-25-29-43(30-26-39)65(55-21-11-19-49-45-17-7-9-23-59(45)67-63(49)55)57-37-53(41-13-3-4-14-41)47-34-36-52-58(38-54(42-15-5-6-16-42)48-33-35-51(57)61(47)62(48)52)66(44-31-27-40(2)28-32-44)56-22-12-20-50-46-18-8-10-24-60(46)68-64(50)56/h7-12,17-38,41-42H,3-6,13-16H2,1-2H3. The van der Waals surface area contributed by atoms with Crippen molar-refractivity contribution in [1.82, 2.24) is 0 Å². The molecule has 0 amide bonds. The minimum absolute atomic E-state index is 0.476. The molecule has 2 heterocycles. The predicted molar refractivity (Wildman–Crippen MR) is 286 cm³/mol. The van der Waals surface area contributed by atoms with Crippen molar-refractivity contribution >= 4 is 110 Å². The van der Waals surface area contributed by atoms with Gasteiger partial charge in [-0.15, -0.1) is 0 Å². The first-order chi connectivity index (χ1) is 33.6. The fourth-order valence-corrected chi connectivity index (χ4v) is 12.5. The minimum Gasteiger partial charge on any atom is -0.454 e. The molecule has 0 saturated heterocycles. The Morgan fingerprint density at radius 2 is 0.735 bits per heavy atom. The van der Waals surface area contributed by atoms with Crippen molar-refractivity contribution in [2.24, 2.45) is 0 Å². The number of nitrogens with zero attached hydrogens (tertiary/aromatic N) is 2. The molecule has 4 nitrogen and oxygen atoms in total. The average molecular weight is 881 g/mol. The van der Waals surface area contributed by atoms with Gasteiger partial charge in [-0.1, -0.05) is 146 Å². The lowest BCUT2D eigenvalue weighted by Gasteiger charge is -2.32. The molecule has 2 saturated carbocycles. The molecule has 330 valence electrons. The molecule has 12 aromatic rings. The van der Waals surface area contributed by atoms with Crippen LogP contribution in [0.3, 0.4) is 0 Å². The quantitative estimate of drug-likeness (QED) is 0.142. The van der Waals surface area contributed by atoms with Crippen LogP contribution >= 0.6 is 0 Å². The Bertz CT molecular complexity index is 3640. The van der Waals surface area contributed by atoms with Crippen molar-refractivity contribution in [3.8, 4) is 0 Å². The molecule has 0 unspecified atom stereocenters. The molecule has 0 bridgehead atoms. The van der Waals surface area contributed by atoms with Crippen LogP contribution < -0.4 is 9.80 Å². The van der Waals surface area contributed by atoms with E-state index in [-0.39, 0.29) is 0 Å². The third-order valence-corrected chi connectivity index (χ3v) is 15.8. The molecule has 4 heteroatoms. The van der Waals surface area contributed by atoms with Gasteiger partial charge in [0.25, 0.3) is 0 Å². The van der Waals surface area contributed by atoms with Crippen LogP contribution in [-0.2, 0) is 0 Å². The second kappa shape index (κ2) is 15.5. The average Bonchev–Trinajstić information content (AvgIpc) is 4.23. The highest BCUT2D eigenvalue weighted by Crippen LogP contribution is 2.55. The van der Waals surface area contributed by atoms with Crippen LogP contribution in [0, 0.1) is 13.8 Å². The maximum Gasteiger partial charge on any atom is 0.159 e. The van der Waals surface area contributed by atoms with Crippen molar-refractivity contribution in [3.05, 3.63) is 192 Å². The predicted octanol–water partition coefficient (Wildman–Crippen LogP) is 19.3.